The van der Waals surface area contributed by atoms with E-state index in [0.29, 0.717) is 0 Å². The van der Waals surface area contributed by atoms with Gasteiger partial charge < -0.3 is 4.74 Å². The highest BCUT2D eigenvalue weighted by Gasteiger charge is 2.12. The quantitative estimate of drug-likeness (QED) is 0.737. The van der Waals surface area contributed by atoms with Gasteiger partial charge in [-0.3, -0.25) is 0 Å². The van der Waals surface area contributed by atoms with Gasteiger partial charge in [0.2, 0.25) is 0 Å². The normalized spacial score (nSPS) is 12.4. The lowest BCUT2D eigenvalue weighted by atomic mass is 10.1. The van der Waals surface area contributed by atoms with Gasteiger partial charge in [-0.25, -0.2) is 0 Å². The van der Waals surface area contributed by atoms with Crippen molar-refractivity contribution in [3.8, 4) is 5.75 Å². The molecular formula is C14H15BrOS. The molecule has 1 aromatic heterocycles. The third-order valence-electron chi connectivity index (χ3n) is 2.69. The van der Waals surface area contributed by atoms with Gasteiger partial charge in [0.25, 0.3) is 0 Å². The smallest absolute Gasteiger partial charge is 0.118 e. The van der Waals surface area contributed by atoms with Gasteiger partial charge >= 0.3 is 0 Å². The van der Waals surface area contributed by atoms with E-state index in [9.17, 15) is 0 Å². The molecule has 2 aromatic rings. The van der Waals surface area contributed by atoms with Crippen LogP contribution in [0.5, 0.6) is 5.75 Å². The maximum absolute atomic E-state index is 5.16. The molecule has 0 aliphatic rings. The number of rotatable bonds is 4. The maximum Gasteiger partial charge on any atom is 0.118 e. The van der Waals surface area contributed by atoms with Gasteiger partial charge in [-0.05, 0) is 36.2 Å². The standard InChI is InChI=1S/C14H15BrOS/c1-3-12-8-9-13(17-12)14(15)10-4-6-11(16-2)7-5-10/h4-9,14H,3H2,1-2H3. The molecule has 0 fully saturated rings. The van der Waals surface area contributed by atoms with Crippen molar-refractivity contribution in [2.75, 3.05) is 7.11 Å². The summed E-state index contributed by atoms with van der Waals surface area (Å²) in [6.07, 6.45) is 1.10. The average Bonchev–Trinajstić information content (AvgIpc) is 2.87. The number of halogens is 1. The fourth-order valence-electron chi connectivity index (χ4n) is 1.66. The van der Waals surface area contributed by atoms with Crippen molar-refractivity contribution in [1.82, 2.24) is 0 Å². The van der Waals surface area contributed by atoms with Gasteiger partial charge in [0.05, 0.1) is 11.9 Å². The molecule has 0 saturated carbocycles. The first-order valence-corrected chi connectivity index (χ1v) is 7.34. The summed E-state index contributed by atoms with van der Waals surface area (Å²) < 4.78 is 5.16. The summed E-state index contributed by atoms with van der Waals surface area (Å²) in [7, 11) is 1.69. The SMILES string of the molecule is CCc1ccc(C(Br)c2ccc(OC)cc2)s1. The molecule has 0 aliphatic heterocycles. The van der Waals surface area contributed by atoms with Crippen molar-refractivity contribution >= 4 is 27.3 Å². The summed E-state index contributed by atoms with van der Waals surface area (Å²) >= 11 is 5.62. The number of hydrogen-bond acceptors (Lipinski definition) is 2. The van der Waals surface area contributed by atoms with Crippen molar-refractivity contribution in [2.45, 2.75) is 18.2 Å². The molecule has 1 aromatic carbocycles. The number of benzene rings is 1. The minimum Gasteiger partial charge on any atom is -0.497 e. The average molecular weight is 311 g/mol. The Balaban J connectivity index is 2.20. The molecule has 0 spiro atoms. The molecule has 17 heavy (non-hydrogen) atoms. The second-order valence-corrected chi connectivity index (χ2v) is 5.91. The molecular weight excluding hydrogens is 296 g/mol. The van der Waals surface area contributed by atoms with Crippen LogP contribution in [0.2, 0.25) is 0 Å². The zero-order valence-corrected chi connectivity index (χ0v) is 12.3. The Labute approximate surface area is 115 Å². The molecule has 3 heteroatoms. The van der Waals surface area contributed by atoms with E-state index in [1.54, 1.807) is 7.11 Å². The summed E-state index contributed by atoms with van der Waals surface area (Å²) in [4.78, 5) is 3.06. The summed E-state index contributed by atoms with van der Waals surface area (Å²) in [6, 6.07) is 12.6. The van der Waals surface area contributed by atoms with Gasteiger partial charge in [-0.1, -0.05) is 35.0 Å². The Morgan fingerprint density at radius 2 is 1.88 bits per heavy atom. The van der Waals surface area contributed by atoms with E-state index in [0.717, 1.165) is 12.2 Å². The van der Waals surface area contributed by atoms with Crippen LogP contribution in [0, 0.1) is 0 Å². The minimum atomic E-state index is 0.277. The first-order valence-electron chi connectivity index (χ1n) is 5.61. The van der Waals surface area contributed by atoms with Crippen LogP contribution in [0.1, 0.15) is 27.1 Å². The van der Waals surface area contributed by atoms with Crippen LogP contribution in [0.15, 0.2) is 36.4 Å². The first-order chi connectivity index (χ1) is 8.24. The predicted octanol–water partition coefficient (Wildman–Crippen LogP) is 4.80. The minimum absolute atomic E-state index is 0.277. The Hall–Kier alpha value is -0.800. The lowest BCUT2D eigenvalue weighted by Crippen LogP contribution is -1.90. The summed E-state index contributed by atoms with van der Waals surface area (Å²) in [6.45, 7) is 2.19. The van der Waals surface area contributed by atoms with E-state index in [1.807, 2.05) is 23.5 Å². The highest BCUT2D eigenvalue weighted by molar-refractivity contribution is 9.09. The summed E-state index contributed by atoms with van der Waals surface area (Å²) in [5.74, 6) is 0.897. The van der Waals surface area contributed by atoms with Crippen molar-refractivity contribution < 1.29 is 4.74 Å². The highest BCUT2D eigenvalue weighted by atomic mass is 79.9. The largest absolute Gasteiger partial charge is 0.497 e. The topological polar surface area (TPSA) is 9.23 Å². The summed E-state index contributed by atoms with van der Waals surface area (Å²) in [5.41, 5.74) is 1.26. The Morgan fingerprint density at radius 3 is 2.41 bits per heavy atom. The zero-order chi connectivity index (χ0) is 12.3. The van der Waals surface area contributed by atoms with Gasteiger partial charge in [0.15, 0.2) is 0 Å². The fraction of sp³-hybridized carbons (Fsp3) is 0.286. The van der Waals surface area contributed by atoms with Gasteiger partial charge in [-0.15, -0.1) is 11.3 Å². The van der Waals surface area contributed by atoms with Crippen LogP contribution in [-0.4, -0.2) is 7.11 Å². The third kappa shape index (κ3) is 2.90. The molecule has 0 aliphatic carbocycles. The van der Waals surface area contributed by atoms with Gasteiger partial charge in [0.1, 0.15) is 5.75 Å². The molecule has 0 radical (unpaired) electrons. The Kier molecular flexibility index (Phi) is 4.24. The monoisotopic (exact) mass is 310 g/mol. The number of ether oxygens (including phenoxy) is 1. The molecule has 0 N–H and O–H groups in total. The number of alkyl halides is 1. The van der Waals surface area contributed by atoms with E-state index in [2.05, 4.69) is 47.1 Å². The highest BCUT2D eigenvalue weighted by Crippen LogP contribution is 2.35. The van der Waals surface area contributed by atoms with Crippen LogP contribution >= 0.6 is 27.3 Å². The van der Waals surface area contributed by atoms with E-state index in [-0.39, 0.29) is 4.83 Å². The van der Waals surface area contributed by atoms with Crippen LogP contribution < -0.4 is 4.74 Å². The predicted molar refractivity (Wildman–Crippen MR) is 77.5 cm³/mol. The van der Waals surface area contributed by atoms with E-state index >= 15 is 0 Å². The second-order valence-electron chi connectivity index (χ2n) is 3.79. The van der Waals surface area contributed by atoms with E-state index in [4.69, 9.17) is 4.74 Å². The second kappa shape index (κ2) is 5.69. The molecule has 1 unspecified atom stereocenters. The van der Waals surface area contributed by atoms with Crippen molar-refractivity contribution in [3.63, 3.8) is 0 Å². The van der Waals surface area contributed by atoms with Crippen molar-refractivity contribution in [3.05, 3.63) is 51.7 Å². The number of methoxy groups -OCH3 is 1. The first kappa shape index (κ1) is 12.7. The number of aryl methyl sites for hydroxylation is 1. The molecule has 0 amide bonds. The van der Waals surface area contributed by atoms with Gasteiger partial charge in [-0.2, -0.15) is 0 Å². The lowest BCUT2D eigenvalue weighted by molar-refractivity contribution is 0.414. The maximum atomic E-state index is 5.16. The Morgan fingerprint density at radius 1 is 1.18 bits per heavy atom. The number of thiophene rings is 1. The van der Waals surface area contributed by atoms with Crippen LogP contribution in [0.25, 0.3) is 0 Å². The van der Waals surface area contributed by atoms with E-state index in [1.165, 1.54) is 15.3 Å². The molecule has 0 bridgehead atoms. The van der Waals surface area contributed by atoms with Crippen molar-refractivity contribution in [1.29, 1.82) is 0 Å². The lowest BCUT2D eigenvalue weighted by Gasteiger charge is -2.08. The molecule has 2 rings (SSSR count). The molecule has 1 atom stereocenters. The zero-order valence-electron chi connectivity index (χ0n) is 9.94. The van der Waals surface area contributed by atoms with Crippen LogP contribution in [0.3, 0.4) is 0 Å². The Bertz CT molecular complexity index is 475. The van der Waals surface area contributed by atoms with Crippen LogP contribution in [-0.2, 0) is 6.42 Å². The summed E-state index contributed by atoms with van der Waals surface area (Å²) in [5, 5.41) is 0. The van der Waals surface area contributed by atoms with E-state index < -0.39 is 0 Å². The third-order valence-corrected chi connectivity index (χ3v) is 5.31. The number of hydrogen-bond donors (Lipinski definition) is 0. The fourth-order valence-corrected chi connectivity index (χ4v) is 3.35. The molecule has 0 saturated heterocycles. The molecule has 1 heterocycles. The van der Waals surface area contributed by atoms with Gasteiger partial charge in [0, 0.05) is 9.75 Å². The molecule has 90 valence electrons. The molecule has 1 nitrogen and oxygen atoms in total. The van der Waals surface area contributed by atoms with Crippen molar-refractivity contribution in [2.24, 2.45) is 0 Å². The van der Waals surface area contributed by atoms with Crippen LogP contribution in [0.4, 0.5) is 0 Å².